The maximum Gasteiger partial charge on any atom is 0.145 e. The van der Waals surface area contributed by atoms with E-state index in [0.717, 1.165) is 29.5 Å². The first-order valence-electron chi connectivity index (χ1n) is 7.30. The van der Waals surface area contributed by atoms with Gasteiger partial charge in [0.15, 0.2) is 0 Å². The van der Waals surface area contributed by atoms with E-state index in [9.17, 15) is 0 Å². The van der Waals surface area contributed by atoms with Crippen LogP contribution in [0.4, 0.5) is 5.82 Å². The van der Waals surface area contributed by atoms with E-state index in [1.807, 2.05) is 0 Å². The molecule has 0 unspecified atom stereocenters. The van der Waals surface area contributed by atoms with Crippen LogP contribution in [0.25, 0.3) is 0 Å². The van der Waals surface area contributed by atoms with Gasteiger partial charge >= 0.3 is 0 Å². The summed E-state index contributed by atoms with van der Waals surface area (Å²) in [5.41, 5.74) is 0.446. The van der Waals surface area contributed by atoms with Crippen LogP contribution in [-0.2, 0) is 0 Å². The highest BCUT2D eigenvalue weighted by molar-refractivity contribution is 5.40. The summed E-state index contributed by atoms with van der Waals surface area (Å²) >= 11 is 0. The van der Waals surface area contributed by atoms with Gasteiger partial charge in [0.2, 0.25) is 0 Å². The quantitative estimate of drug-likeness (QED) is 0.881. The monoisotopic (exact) mass is 254 g/mol. The molecule has 4 saturated carbocycles. The van der Waals surface area contributed by atoms with Gasteiger partial charge in [-0.25, -0.2) is 9.97 Å². The van der Waals surface area contributed by atoms with Crippen molar-refractivity contribution in [2.45, 2.75) is 38.1 Å². The van der Waals surface area contributed by atoms with E-state index in [4.69, 9.17) is 5.26 Å². The van der Waals surface area contributed by atoms with E-state index in [0.29, 0.717) is 11.7 Å². The van der Waals surface area contributed by atoms with Gasteiger partial charge in [0.05, 0.1) is 0 Å². The summed E-state index contributed by atoms with van der Waals surface area (Å²) in [5, 5.41) is 12.5. The molecule has 0 atom stereocenters. The van der Waals surface area contributed by atoms with Crippen LogP contribution in [0.15, 0.2) is 12.4 Å². The zero-order valence-electron chi connectivity index (χ0n) is 10.9. The molecule has 4 aliphatic carbocycles. The molecular weight excluding hydrogens is 236 g/mol. The Morgan fingerprint density at radius 2 is 1.74 bits per heavy atom. The third kappa shape index (κ3) is 1.88. The van der Waals surface area contributed by atoms with E-state index in [1.54, 1.807) is 6.07 Å². The van der Waals surface area contributed by atoms with E-state index in [-0.39, 0.29) is 0 Å². The lowest BCUT2D eigenvalue weighted by atomic mass is 9.54. The van der Waals surface area contributed by atoms with Crippen molar-refractivity contribution < 1.29 is 0 Å². The molecule has 4 nitrogen and oxygen atoms in total. The van der Waals surface area contributed by atoms with Crippen LogP contribution in [0.1, 0.15) is 37.8 Å². The first kappa shape index (κ1) is 11.2. The van der Waals surface area contributed by atoms with Gasteiger partial charge in [0, 0.05) is 12.1 Å². The van der Waals surface area contributed by atoms with Crippen molar-refractivity contribution in [3.63, 3.8) is 0 Å². The van der Waals surface area contributed by atoms with E-state index >= 15 is 0 Å². The maximum atomic E-state index is 8.90. The molecule has 5 rings (SSSR count). The molecule has 4 heteroatoms. The number of nitriles is 1. The van der Waals surface area contributed by atoms with Gasteiger partial charge in [0.25, 0.3) is 0 Å². The first-order chi connectivity index (χ1) is 9.31. The summed E-state index contributed by atoms with van der Waals surface area (Å²) in [6.45, 7) is 0. The largest absolute Gasteiger partial charge is 0.367 e. The Morgan fingerprint density at radius 1 is 1.05 bits per heavy atom. The fourth-order valence-corrected chi connectivity index (χ4v) is 4.83. The van der Waals surface area contributed by atoms with Gasteiger partial charge < -0.3 is 5.32 Å². The van der Waals surface area contributed by atoms with Crippen LogP contribution in [0.2, 0.25) is 0 Å². The molecule has 0 saturated heterocycles. The lowest BCUT2D eigenvalue weighted by Crippen LogP contribution is -2.51. The van der Waals surface area contributed by atoms with Crippen molar-refractivity contribution in [3.8, 4) is 6.07 Å². The topological polar surface area (TPSA) is 61.6 Å². The lowest BCUT2D eigenvalue weighted by molar-refractivity contribution is 0.00741. The SMILES string of the molecule is N#Cc1cc(NC2C3CC4CC(C3)CC2C4)ncn1. The fourth-order valence-electron chi connectivity index (χ4n) is 4.83. The average molecular weight is 254 g/mol. The molecule has 0 aromatic carbocycles. The summed E-state index contributed by atoms with van der Waals surface area (Å²) in [6.07, 6.45) is 8.52. The molecule has 4 aliphatic rings. The second-order valence-electron chi connectivity index (χ2n) is 6.50. The Balaban J connectivity index is 1.55. The van der Waals surface area contributed by atoms with Crippen LogP contribution in [0.5, 0.6) is 0 Å². The molecule has 4 bridgehead atoms. The van der Waals surface area contributed by atoms with E-state index in [2.05, 4.69) is 21.4 Å². The van der Waals surface area contributed by atoms with Crippen LogP contribution in [0.3, 0.4) is 0 Å². The highest BCUT2D eigenvalue weighted by Crippen LogP contribution is 2.54. The van der Waals surface area contributed by atoms with Crippen molar-refractivity contribution >= 4 is 5.82 Å². The van der Waals surface area contributed by atoms with Gasteiger partial charge in [-0.1, -0.05) is 0 Å². The van der Waals surface area contributed by atoms with Crippen LogP contribution in [-0.4, -0.2) is 16.0 Å². The molecule has 1 N–H and O–H groups in total. The molecule has 0 radical (unpaired) electrons. The van der Waals surface area contributed by atoms with Crippen molar-refractivity contribution in [3.05, 3.63) is 18.1 Å². The molecule has 0 amide bonds. The molecule has 98 valence electrons. The number of aromatic nitrogens is 2. The van der Waals surface area contributed by atoms with Crippen molar-refractivity contribution in [2.75, 3.05) is 5.32 Å². The molecule has 0 spiro atoms. The van der Waals surface area contributed by atoms with Crippen molar-refractivity contribution in [1.82, 2.24) is 9.97 Å². The maximum absolute atomic E-state index is 8.90. The predicted molar refractivity (Wildman–Crippen MR) is 71.2 cm³/mol. The van der Waals surface area contributed by atoms with E-state index in [1.165, 1.54) is 38.4 Å². The number of rotatable bonds is 2. The van der Waals surface area contributed by atoms with Crippen LogP contribution >= 0.6 is 0 Å². The number of hydrogen-bond donors (Lipinski definition) is 1. The summed E-state index contributed by atoms with van der Waals surface area (Å²) in [6, 6.07) is 4.41. The minimum Gasteiger partial charge on any atom is -0.367 e. The Labute approximate surface area is 113 Å². The summed E-state index contributed by atoms with van der Waals surface area (Å²) in [4.78, 5) is 8.20. The van der Waals surface area contributed by atoms with Crippen LogP contribution < -0.4 is 5.32 Å². The second-order valence-corrected chi connectivity index (χ2v) is 6.50. The zero-order chi connectivity index (χ0) is 12.8. The second kappa shape index (κ2) is 4.19. The summed E-state index contributed by atoms with van der Waals surface area (Å²) < 4.78 is 0. The molecule has 1 aromatic rings. The van der Waals surface area contributed by atoms with Crippen molar-refractivity contribution in [1.29, 1.82) is 5.26 Å². The highest BCUT2D eigenvalue weighted by atomic mass is 15.0. The van der Waals surface area contributed by atoms with Gasteiger partial charge in [-0.2, -0.15) is 5.26 Å². The molecular formula is C15H18N4. The van der Waals surface area contributed by atoms with Gasteiger partial charge in [-0.3, -0.25) is 0 Å². The average Bonchev–Trinajstić information content (AvgIpc) is 2.42. The molecule has 4 fully saturated rings. The molecule has 1 aromatic heterocycles. The van der Waals surface area contributed by atoms with E-state index < -0.39 is 0 Å². The fraction of sp³-hybridized carbons (Fsp3) is 0.667. The van der Waals surface area contributed by atoms with Gasteiger partial charge in [0.1, 0.15) is 23.9 Å². The smallest absolute Gasteiger partial charge is 0.145 e. The number of nitrogens with zero attached hydrogens (tertiary/aromatic N) is 3. The number of anilines is 1. The Bertz CT molecular complexity index is 505. The van der Waals surface area contributed by atoms with Gasteiger partial charge in [-0.15, -0.1) is 0 Å². The Kier molecular flexibility index (Phi) is 2.48. The number of nitrogens with one attached hydrogen (secondary N) is 1. The standard InChI is InChI=1S/C15H18N4/c16-7-13-6-14(18-8-17-13)19-15-11-2-9-1-10(4-11)5-12(15)3-9/h6,8-12,15H,1-5H2,(H,17,18,19). The lowest BCUT2D eigenvalue weighted by Gasteiger charge is -2.54. The third-order valence-corrected chi connectivity index (χ3v) is 5.32. The minimum atomic E-state index is 0.446. The van der Waals surface area contributed by atoms with Gasteiger partial charge in [-0.05, 0) is 55.8 Å². The third-order valence-electron chi connectivity index (χ3n) is 5.32. The summed E-state index contributed by atoms with van der Waals surface area (Å²) in [5.74, 6) is 4.43. The number of hydrogen-bond acceptors (Lipinski definition) is 4. The Morgan fingerprint density at radius 3 is 2.37 bits per heavy atom. The Hall–Kier alpha value is -1.63. The summed E-state index contributed by atoms with van der Waals surface area (Å²) in [7, 11) is 0. The molecule has 0 aliphatic heterocycles. The molecule has 19 heavy (non-hydrogen) atoms. The minimum absolute atomic E-state index is 0.446. The normalized spacial score (nSPS) is 39.0. The zero-order valence-corrected chi connectivity index (χ0v) is 10.9. The van der Waals surface area contributed by atoms with Crippen molar-refractivity contribution in [2.24, 2.45) is 23.7 Å². The molecule has 1 heterocycles. The highest BCUT2D eigenvalue weighted by Gasteiger charge is 2.48. The predicted octanol–water partition coefficient (Wildman–Crippen LogP) is 2.58. The first-order valence-corrected chi connectivity index (χ1v) is 7.30. The van der Waals surface area contributed by atoms with Crippen LogP contribution in [0, 0.1) is 35.0 Å².